The normalized spacial score (nSPS) is 10.5. The van der Waals surface area contributed by atoms with Gasteiger partial charge in [-0.2, -0.15) is 0 Å². The Balaban J connectivity index is 3.78. The van der Waals surface area contributed by atoms with Crippen LogP contribution in [-0.4, -0.2) is 12.3 Å². The molecule has 0 aromatic rings. The third kappa shape index (κ3) is 6.84. The van der Waals surface area contributed by atoms with Crippen LogP contribution >= 0.6 is 0 Å². The van der Waals surface area contributed by atoms with Crippen LogP contribution in [0.25, 0.3) is 0 Å². The Labute approximate surface area is 68.3 Å². The van der Waals surface area contributed by atoms with Crippen LogP contribution in [0.1, 0.15) is 20.8 Å². The Morgan fingerprint density at radius 1 is 1.45 bits per heavy atom. The quantitative estimate of drug-likeness (QED) is 0.449. The molecule has 0 atom stereocenters. The predicted octanol–water partition coefficient (Wildman–Crippen LogP) is 2.53. The van der Waals surface area contributed by atoms with Gasteiger partial charge in [0.05, 0.1) is 6.10 Å². The van der Waals surface area contributed by atoms with Gasteiger partial charge in [-0.25, -0.2) is 4.99 Å². The molecule has 62 valence electrons. The van der Waals surface area contributed by atoms with Gasteiger partial charge < -0.3 is 4.74 Å². The van der Waals surface area contributed by atoms with Crippen LogP contribution in [0, 0.1) is 0 Å². The van der Waals surface area contributed by atoms with Gasteiger partial charge in [-0.05, 0) is 32.9 Å². The summed E-state index contributed by atoms with van der Waals surface area (Å²) in [5, 5.41) is 0. The molecule has 0 fully saturated rings. The van der Waals surface area contributed by atoms with Gasteiger partial charge in [-0.15, -0.1) is 0 Å². The lowest BCUT2D eigenvalue weighted by atomic mass is 10.4. The molecule has 0 N–H and O–H groups in total. The van der Waals surface area contributed by atoms with Crippen LogP contribution in [0.15, 0.2) is 29.6 Å². The second kappa shape index (κ2) is 4.72. The lowest BCUT2D eigenvalue weighted by Gasteiger charge is -2.07. The third-order valence-corrected chi connectivity index (χ3v) is 0.801. The fourth-order valence-corrected chi connectivity index (χ4v) is 0.485. The zero-order valence-corrected chi connectivity index (χ0v) is 7.42. The molecule has 0 amide bonds. The third-order valence-electron chi connectivity index (χ3n) is 0.801. The zero-order chi connectivity index (χ0) is 8.85. The van der Waals surface area contributed by atoms with Crippen molar-refractivity contribution in [3.8, 4) is 0 Å². The highest BCUT2D eigenvalue weighted by atomic mass is 16.5. The number of ether oxygens (including phenoxy) is 1. The van der Waals surface area contributed by atoms with Gasteiger partial charge in [-0.1, -0.05) is 6.58 Å². The van der Waals surface area contributed by atoms with Crippen LogP contribution < -0.4 is 0 Å². The zero-order valence-electron chi connectivity index (χ0n) is 7.42. The van der Waals surface area contributed by atoms with Gasteiger partial charge in [0.2, 0.25) is 5.88 Å². The van der Waals surface area contributed by atoms with E-state index in [0.29, 0.717) is 5.88 Å². The van der Waals surface area contributed by atoms with E-state index < -0.39 is 0 Å². The van der Waals surface area contributed by atoms with E-state index in [1.54, 1.807) is 6.21 Å². The van der Waals surface area contributed by atoms with Gasteiger partial charge >= 0.3 is 0 Å². The van der Waals surface area contributed by atoms with Gasteiger partial charge in [0.1, 0.15) is 0 Å². The maximum Gasteiger partial charge on any atom is 0.205 e. The van der Waals surface area contributed by atoms with E-state index in [9.17, 15) is 0 Å². The molecule has 0 rings (SSSR count). The smallest absolute Gasteiger partial charge is 0.205 e. The van der Waals surface area contributed by atoms with Crippen LogP contribution in [-0.2, 0) is 4.74 Å². The lowest BCUT2D eigenvalue weighted by Crippen LogP contribution is -1.99. The van der Waals surface area contributed by atoms with Crippen LogP contribution in [0.2, 0.25) is 0 Å². The van der Waals surface area contributed by atoms with Gasteiger partial charge in [0, 0.05) is 6.21 Å². The molecular weight excluding hydrogens is 138 g/mol. The molecule has 11 heavy (non-hydrogen) atoms. The standard InChI is InChI=1S/C9H15NO/c1-7(2)6-10-9(5)11-8(3)4/h6,8H,1,5H2,2-4H3/b10-6-. The van der Waals surface area contributed by atoms with Gasteiger partial charge in [-0.3, -0.25) is 0 Å². The summed E-state index contributed by atoms with van der Waals surface area (Å²) in [6.45, 7) is 13.0. The summed E-state index contributed by atoms with van der Waals surface area (Å²) in [6, 6.07) is 0. The maximum atomic E-state index is 5.17. The molecule has 0 aliphatic rings. The molecule has 0 heterocycles. The first kappa shape index (κ1) is 9.95. The Morgan fingerprint density at radius 2 is 2.00 bits per heavy atom. The van der Waals surface area contributed by atoms with Crippen molar-refractivity contribution in [1.82, 2.24) is 0 Å². The first-order valence-corrected chi connectivity index (χ1v) is 3.57. The minimum absolute atomic E-state index is 0.129. The highest BCUT2D eigenvalue weighted by molar-refractivity contribution is 5.77. The molecule has 0 aromatic heterocycles. The summed E-state index contributed by atoms with van der Waals surface area (Å²) < 4.78 is 5.17. The van der Waals surface area contributed by atoms with E-state index >= 15 is 0 Å². The monoisotopic (exact) mass is 153 g/mol. The highest BCUT2D eigenvalue weighted by Crippen LogP contribution is 2.00. The Bertz CT molecular complexity index is 180. The first-order chi connectivity index (χ1) is 5.02. The average molecular weight is 153 g/mol. The van der Waals surface area contributed by atoms with E-state index in [-0.39, 0.29) is 6.10 Å². The second-order valence-corrected chi connectivity index (χ2v) is 2.66. The molecule has 0 unspecified atom stereocenters. The summed E-state index contributed by atoms with van der Waals surface area (Å²) in [4.78, 5) is 3.92. The topological polar surface area (TPSA) is 21.6 Å². The number of aliphatic imine (C=N–C) groups is 1. The van der Waals surface area contributed by atoms with Crippen LogP contribution in [0.4, 0.5) is 0 Å². The molecule has 0 aromatic carbocycles. The van der Waals surface area contributed by atoms with E-state index in [0.717, 1.165) is 5.57 Å². The van der Waals surface area contributed by atoms with Crippen molar-refractivity contribution in [2.75, 3.05) is 0 Å². The minimum atomic E-state index is 0.129. The molecule has 0 aliphatic heterocycles. The number of hydrogen-bond acceptors (Lipinski definition) is 2. The molecule has 0 saturated heterocycles. The molecule has 0 bridgehead atoms. The fraction of sp³-hybridized carbons (Fsp3) is 0.444. The van der Waals surface area contributed by atoms with Crippen molar-refractivity contribution in [3.05, 3.63) is 24.6 Å². The molecule has 0 radical (unpaired) electrons. The number of nitrogens with zero attached hydrogens (tertiary/aromatic N) is 1. The SMILES string of the molecule is C=C(C)/C=N\C(=C)OC(C)C. The summed E-state index contributed by atoms with van der Waals surface area (Å²) in [7, 11) is 0. The second-order valence-electron chi connectivity index (χ2n) is 2.66. The molecule has 0 aliphatic carbocycles. The summed E-state index contributed by atoms with van der Waals surface area (Å²) >= 11 is 0. The fourth-order valence-electron chi connectivity index (χ4n) is 0.485. The largest absolute Gasteiger partial charge is 0.475 e. The predicted molar refractivity (Wildman–Crippen MR) is 48.7 cm³/mol. The van der Waals surface area contributed by atoms with Crippen molar-refractivity contribution in [2.24, 2.45) is 4.99 Å². The average Bonchev–Trinajstić information content (AvgIpc) is 1.82. The molecule has 2 nitrogen and oxygen atoms in total. The minimum Gasteiger partial charge on any atom is -0.475 e. The van der Waals surface area contributed by atoms with E-state index in [1.165, 1.54) is 0 Å². The van der Waals surface area contributed by atoms with Crippen molar-refractivity contribution < 1.29 is 4.74 Å². The van der Waals surface area contributed by atoms with E-state index in [2.05, 4.69) is 18.2 Å². The van der Waals surface area contributed by atoms with Crippen LogP contribution in [0.3, 0.4) is 0 Å². The number of hydrogen-bond donors (Lipinski definition) is 0. The van der Waals surface area contributed by atoms with Crippen molar-refractivity contribution in [2.45, 2.75) is 26.9 Å². The molecular formula is C9H15NO. The highest BCUT2D eigenvalue weighted by Gasteiger charge is 1.93. The summed E-state index contributed by atoms with van der Waals surface area (Å²) in [5.41, 5.74) is 0.888. The number of allylic oxidation sites excluding steroid dienone is 1. The van der Waals surface area contributed by atoms with E-state index in [1.807, 2.05) is 20.8 Å². The van der Waals surface area contributed by atoms with Gasteiger partial charge in [0.25, 0.3) is 0 Å². The van der Waals surface area contributed by atoms with Crippen LogP contribution in [0.5, 0.6) is 0 Å². The van der Waals surface area contributed by atoms with Gasteiger partial charge in [0.15, 0.2) is 0 Å². The maximum absolute atomic E-state index is 5.17. The lowest BCUT2D eigenvalue weighted by molar-refractivity contribution is 0.147. The summed E-state index contributed by atoms with van der Waals surface area (Å²) in [5.74, 6) is 0.433. The Morgan fingerprint density at radius 3 is 2.36 bits per heavy atom. The summed E-state index contributed by atoms with van der Waals surface area (Å²) in [6.07, 6.45) is 1.76. The molecule has 2 heteroatoms. The Kier molecular flexibility index (Phi) is 4.27. The van der Waals surface area contributed by atoms with E-state index in [4.69, 9.17) is 4.74 Å². The number of rotatable bonds is 4. The molecule has 0 saturated carbocycles. The van der Waals surface area contributed by atoms with Crippen molar-refractivity contribution >= 4 is 6.21 Å². The Hall–Kier alpha value is -1.05. The first-order valence-electron chi connectivity index (χ1n) is 3.57. The molecule has 0 spiro atoms. The van der Waals surface area contributed by atoms with Crippen molar-refractivity contribution in [3.63, 3.8) is 0 Å². The van der Waals surface area contributed by atoms with Crippen molar-refractivity contribution in [1.29, 1.82) is 0 Å².